The summed E-state index contributed by atoms with van der Waals surface area (Å²) >= 11 is 0. The lowest BCUT2D eigenvalue weighted by molar-refractivity contribution is 0.0537. The second-order valence-electron chi connectivity index (χ2n) is 4.18. The number of nitrogens with two attached hydrogens (primary N) is 1. The summed E-state index contributed by atoms with van der Waals surface area (Å²) in [7, 11) is 0. The molecule has 1 fully saturated rings. The van der Waals surface area contributed by atoms with Crippen molar-refractivity contribution in [1.82, 2.24) is 9.97 Å². The Morgan fingerprint density at radius 3 is 2.80 bits per heavy atom. The van der Waals surface area contributed by atoms with Crippen molar-refractivity contribution in [2.45, 2.75) is 25.3 Å². The largest absolute Gasteiger partial charge is 0.396 e. The molecule has 5 nitrogen and oxygen atoms in total. The summed E-state index contributed by atoms with van der Waals surface area (Å²) in [6.07, 6.45) is 5.34. The van der Waals surface area contributed by atoms with Gasteiger partial charge in [-0.25, -0.2) is 9.97 Å². The Kier molecular flexibility index (Phi) is 2.73. The first-order valence-corrected chi connectivity index (χ1v) is 5.11. The molecule has 15 heavy (non-hydrogen) atoms. The average molecular weight is 208 g/mol. The molecular formula is C10H16N4O. The van der Waals surface area contributed by atoms with Crippen LogP contribution in [-0.4, -0.2) is 28.7 Å². The third kappa shape index (κ3) is 2.56. The van der Waals surface area contributed by atoms with Crippen molar-refractivity contribution < 1.29 is 4.74 Å². The molecule has 0 bridgehead atoms. The zero-order chi connectivity index (χ0) is 10.7. The van der Waals surface area contributed by atoms with Gasteiger partial charge in [0, 0.05) is 6.61 Å². The first kappa shape index (κ1) is 10.2. The van der Waals surface area contributed by atoms with Gasteiger partial charge in [-0.2, -0.15) is 0 Å². The number of hydrogen-bond donors (Lipinski definition) is 2. The highest BCUT2D eigenvalue weighted by Gasteiger charge is 2.27. The van der Waals surface area contributed by atoms with Crippen molar-refractivity contribution in [3.05, 3.63) is 12.4 Å². The van der Waals surface area contributed by atoms with Gasteiger partial charge < -0.3 is 15.8 Å². The second kappa shape index (κ2) is 4.02. The Morgan fingerprint density at radius 2 is 2.20 bits per heavy atom. The first-order chi connectivity index (χ1) is 7.18. The first-order valence-electron chi connectivity index (χ1n) is 5.11. The molecule has 0 spiro atoms. The molecule has 5 heteroatoms. The monoisotopic (exact) mass is 208 g/mol. The van der Waals surface area contributed by atoms with Crippen LogP contribution in [0.1, 0.15) is 19.8 Å². The molecule has 0 aromatic carbocycles. The molecule has 82 valence electrons. The Morgan fingerprint density at radius 1 is 1.47 bits per heavy atom. The maximum absolute atomic E-state index is 5.52. The van der Waals surface area contributed by atoms with Gasteiger partial charge >= 0.3 is 0 Å². The smallest absolute Gasteiger partial charge is 0.223 e. The van der Waals surface area contributed by atoms with Gasteiger partial charge in [-0.3, -0.25) is 0 Å². The summed E-state index contributed by atoms with van der Waals surface area (Å²) in [6.45, 7) is 3.66. The molecular weight excluding hydrogens is 192 g/mol. The molecule has 1 aromatic heterocycles. The fraction of sp³-hybridized carbons (Fsp3) is 0.600. The minimum atomic E-state index is -0.0611. The van der Waals surface area contributed by atoms with Gasteiger partial charge in [0.1, 0.15) is 0 Å². The normalized spacial score (nSPS) is 26.2. The van der Waals surface area contributed by atoms with Crippen LogP contribution >= 0.6 is 0 Å². The van der Waals surface area contributed by atoms with Crippen LogP contribution in [0.3, 0.4) is 0 Å². The molecule has 2 heterocycles. The summed E-state index contributed by atoms with van der Waals surface area (Å²) in [5, 5.41) is 3.28. The molecule has 3 N–H and O–H groups in total. The number of ether oxygens (including phenoxy) is 1. The Bertz CT molecular complexity index is 319. The van der Waals surface area contributed by atoms with Crippen molar-refractivity contribution in [2.75, 3.05) is 24.3 Å². The predicted molar refractivity (Wildman–Crippen MR) is 58.5 cm³/mol. The molecule has 0 radical (unpaired) electrons. The summed E-state index contributed by atoms with van der Waals surface area (Å²) in [5.41, 5.74) is 6.03. The van der Waals surface area contributed by atoms with Gasteiger partial charge in [0.25, 0.3) is 0 Å². The predicted octanol–water partition coefficient (Wildman–Crippen LogP) is 1.04. The van der Waals surface area contributed by atoms with Crippen LogP contribution < -0.4 is 11.1 Å². The van der Waals surface area contributed by atoms with E-state index < -0.39 is 0 Å². The summed E-state index contributed by atoms with van der Waals surface area (Å²) in [6, 6.07) is 0. The minimum Gasteiger partial charge on any atom is -0.396 e. The van der Waals surface area contributed by atoms with E-state index >= 15 is 0 Å². The van der Waals surface area contributed by atoms with Crippen molar-refractivity contribution in [3.8, 4) is 0 Å². The highest BCUT2D eigenvalue weighted by molar-refractivity contribution is 5.37. The van der Waals surface area contributed by atoms with E-state index in [1.807, 2.05) is 0 Å². The number of nitrogens with one attached hydrogen (secondary N) is 1. The fourth-order valence-corrected chi connectivity index (χ4v) is 1.71. The molecule has 2 rings (SSSR count). The third-order valence-corrected chi connectivity index (χ3v) is 2.52. The molecule has 1 aromatic rings. The second-order valence-corrected chi connectivity index (χ2v) is 4.18. The van der Waals surface area contributed by atoms with E-state index in [4.69, 9.17) is 10.5 Å². The molecule has 1 aliphatic rings. The lowest BCUT2D eigenvalue weighted by Crippen LogP contribution is -2.43. The van der Waals surface area contributed by atoms with Gasteiger partial charge in [0.15, 0.2) is 0 Å². The highest BCUT2D eigenvalue weighted by Crippen LogP contribution is 2.22. The van der Waals surface area contributed by atoms with Gasteiger partial charge in [-0.15, -0.1) is 0 Å². The van der Waals surface area contributed by atoms with Crippen molar-refractivity contribution >= 4 is 11.6 Å². The van der Waals surface area contributed by atoms with Crippen LogP contribution in [0.5, 0.6) is 0 Å². The van der Waals surface area contributed by atoms with Crippen LogP contribution in [0.2, 0.25) is 0 Å². The lowest BCUT2D eigenvalue weighted by atomic mass is 9.95. The zero-order valence-electron chi connectivity index (χ0n) is 8.86. The molecule has 1 atom stereocenters. The highest BCUT2D eigenvalue weighted by atomic mass is 16.5. The topological polar surface area (TPSA) is 73.1 Å². The Balaban J connectivity index is 2.03. The van der Waals surface area contributed by atoms with Crippen LogP contribution in [-0.2, 0) is 4.74 Å². The number of aromatic nitrogens is 2. The molecule has 0 aliphatic carbocycles. The van der Waals surface area contributed by atoms with Crippen LogP contribution in [0.15, 0.2) is 12.4 Å². The quantitative estimate of drug-likeness (QED) is 0.759. The maximum atomic E-state index is 5.52. The minimum absolute atomic E-state index is 0.0611. The SMILES string of the molecule is CC1(Nc2ncc(N)cn2)CCCOC1. The number of anilines is 2. The molecule has 1 saturated heterocycles. The summed E-state index contributed by atoms with van der Waals surface area (Å²) in [5.74, 6) is 0.609. The standard InChI is InChI=1S/C10H16N4O/c1-10(3-2-4-15-7-10)14-9-12-5-8(11)6-13-9/h5-6H,2-4,7,11H2,1H3,(H,12,13,14). The Labute approximate surface area is 89.1 Å². The summed E-state index contributed by atoms with van der Waals surface area (Å²) in [4.78, 5) is 8.23. The van der Waals surface area contributed by atoms with E-state index in [9.17, 15) is 0 Å². The number of nitrogens with zero attached hydrogens (tertiary/aromatic N) is 2. The Hall–Kier alpha value is -1.36. The maximum Gasteiger partial charge on any atom is 0.223 e. The number of rotatable bonds is 2. The van der Waals surface area contributed by atoms with Crippen molar-refractivity contribution in [1.29, 1.82) is 0 Å². The average Bonchev–Trinajstić information content (AvgIpc) is 2.22. The van der Waals surface area contributed by atoms with Gasteiger partial charge in [0.2, 0.25) is 5.95 Å². The van der Waals surface area contributed by atoms with Crippen LogP contribution in [0.4, 0.5) is 11.6 Å². The van der Waals surface area contributed by atoms with E-state index in [0.717, 1.165) is 19.4 Å². The van der Waals surface area contributed by atoms with Crippen molar-refractivity contribution in [2.24, 2.45) is 0 Å². The van der Waals surface area contributed by atoms with Gasteiger partial charge in [-0.05, 0) is 19.8 Å². The third-order valence-electron chi connectivity index (χ3n) is 2.52. The molecule has 0 saturated carbocycles. The van der Waals surface area contributed by atoms with E-state index in [0.29, 0.717) is 18.2 Å². The van der Waals surface area contributed by atoms with Gasteiger partial charge in [0.05, 0.1) is 30.2 Å². The molecule has 1 unspecified atom stereocenters. The number of hydrogen-bond acceptors (Lipinski definition) is 5. The number of nitrogen functional groups attached to an aromatic ring is 1. The van der Waals surface area contributed by atoms with Gasteiger partial charge in [-0.1, -0.05) is 0 Å². The van der Waals surface area contributed by atoms with E-state index in [-0.39, 0.29) is 5.54 Å². The van der Waals surface area contributed by atoms with E-state index in [1.54, 1.807) is 12.4 Å². The lowest BCUT2D eigenvalue weighted by Gasteiger charge is -2.34. The van der Waals surface area contributed by atoms with Crippen molar-refractivity contribution in [3.63, 3.8) is 0 Å². The fourth-order valence-electron chi connectivity index (χ4n) is 1.71. The molecule has 0 amide bonds. The summed E-state index contributed by atoms with van der Waals surface area (Å²) < 4.78 is 5.44. The van der Waals surface area contributed by atoms with Crippen LogP contribution in [0.25, 0.3) is 0 Å². The zero-order valence-corrected chi connectivity index (χ0v) is 8.86. The van der Waals surface area contributed by atoms with E-state index in [2.05, 4.69) is 22.2 Å². The molecule has 1 aliphatic heterocycles. The van der Waals surface area contributed by atoms with Crippen LogP contribution in [0, 0.1) is 0 Å². The van der Waals surface area contributed by atoms with E-state index in [1.165, 1.54) is 0 Å².